The number of halogens is 1. The molecular weight excluding hydrogens is 336 g/mol. The Kier molecular flexibility index (Phi) is 16.2. The summed E-state index contributed by atoms with van der Waals surface area (Å²) >= 11 is 5.83. The molecule has 0 unspecified atom stereocenters. The monoisotopic (exact) mass is 378 g/mol. The Bertz CT molecular complexity index is 395. The molecule has 0 amide bonds. The van der Waals surface area contributed by atoms with Crippen LogP contribution >= 0.6 is 11.6 Å². The van der Waals surface area contributed by atoms with Crippen LogP contribution in [0.15, 0.2) is 24.3 Å². The van der Waals surface area contributed by atoms with Crippen LogP contribution in [0.3, 0.4) is 0 Å². The van der Waals surface area contributed by atoms with Crippen molar-refractivity contribution in [3.05, 3.63) is 35.4 Å². The molecule has 0 aliphatic rings. The van der Waals surface area contributed by atoms with Gasteiger partial charge in [0.05, 0.1) is 0 Å². The molecule has 0 fully saturated rings. The number of alkyl halides is 1. The van der Waals surface area contributed by atoms with E-state index in [1.54, 1.807) is 0 Å². The summed E-state index contributed by atoms with van der Waals surface area (Å²) in [6, 6.07) is 8.80. The molecule has 0 aromatic heterocycles. The Morgan fingerprint density at radius 2 is 0.846 bits per heavy atom. The molecule has 0 radical (unpaired) electrons. The van der Waals surface area contributed by atoms with Gasteiger partial charge in [-0.3, -0.25) is 0 Å². The maximum atomic E-state index is 5.83. The summed E-state index contributed by atoms with van der Waals surface area (Å²) in [7, 11) is 0. The van der Waals surface area contributed by atoms with E-state index in [0.29, 0.717) is 5.88 Å². The average Bonchev–Trinajstić information content (AvgIpc) is 2.68. The first-order chi connectivity index (χ1) is 12.9. The summed E-state index contributed by atoms with van der Waals surface area (Å²) in [4.78, 5) is 0. The van der Waals surface area contributed by atoms with E-state index in [2.05, 4.69) is 31.2 Å². The number of benzene rings is 1. The Balaban J connectivity index is 1.76. The first-order valence-electron chi connectivity index (χ1n) is 11.5. The van der Waals surface area contributed by atoms with Crippen molar-refractivity contribution >= 4 is 11.6 Å². The van der Waals surface area contributed by atoms with Crippen molar-refractivity contribution in [3.8, 4) is 0 Å². The van der Waals surface area contributed by atoms with Crippen molar-refractivity contribution in [2.24, 2.45) is 0 Å². The van der Waals surface area contributed by atoms with E-state index in [-0.39, 0.29) is 0 Å². The van der Waals surface area contributed by atoms with E-state index in [1.165, 1.54) is 120 Å². The van der Waals surface area contributed by atoms with Crippen molar-refractivity contribution in [1.29, 1.82) is 0 Å². The van der Waals surface area contributed by atoms with Crippen molar-refractivity contribution in [3.63, 3.8) is 0 Å². The van der Waals surface area contributed by atoms with Gasteiger partial charge in [0.15, 0.2) is 0 Å². The molecule has 0 aliphatic carbocycles. The van der Waals surface area contributed by atoms with Crippen LogP contribution in [0.2, 0.25) is 0 Å². The molecule has 0 spiro atoms. The van der Waals surface area contributed by atoms with Gasteiger partial charge in [0.2, 0.25) is 0 Å². The number of unbranched alkanes of at least 4 members (excludes halogenated alkanes) is 15. The first-order valence-corrected chi connectivity index (χ1v) is 12.0. The Labute approximate surface area is 169 Å². The smallest absolute Gasteiger partial charge is 0.0474 e. The fraction of sp³-hybridized carbons (Fsp3) is 0.760. The summed E-state index contributed by atoms with van der Waals surface area (Å²) < 4.78 is 0. The lowest BCUT2D eigenvalue weighted by Gasteiger charge is -2.04. The second-order valence-corrected chi connectivity index (χ2v) is 8.27. The molecule has 1 rings (SSSR count). The zero-order valence-electron chi connectivity index (χ0n) is 17.4. The lowest BCUT2D eigenvalue weighted by Crippen LogP contribution is -1.87. The molecule has 0 bridgehead atoms. The van der Waals surface area contributed by atoms with Crippen molar-refractivity contribution in [2.45, 2.75) is 122 Å². The summed E-state index contributed by atoms with van der Waals surface area (Å²) in [5, 5.41) is 0. The number of aryl methyl sites for hydroxylation is 1. The molecule has 0 nitrogen and oxygen atoms in total. The largest absolute Gasteiger partial charge is 0.122 e. The van der Waals surface area contributed by atoms with Crippen LogP contribution in [-0.2, 0) is 12.3 Å². The zero-order valence-corrected chi connectivity index (χ0v) is 18.2. The third kappa shape index (κ3) is 13.7. The second kappa shape index (κ2) is 17.9. The van der Waals surface area contributed by atoms with Crippen LogP contribution in [0.25, 0.3) is 0 Å². The van der Waals surface area contributed by atoms with Gasteiger partial charge in [-0.2, -0.15) is 0 Å². The molecular formula is C25H43Cl. The van der Waals surface area contributed by atoms with Crippen LogP contribution in [0, 0.1) is 0 Å². The molecule has 0 aliphatic heterocycles. The fourth-order valence-electron chi connectivity index (χ4n) is 3.67. The highest BCUT2D eigenvalue weighted by Crippen LogP contribution is 2.15. The minimum atomic E-state index is 0.624. The van der Waals surface area contributed by atoms with Crippen molar-refractivity contribution in [1.82, 2.24) is 0 Å². The number of rotatable bonds is 18. The third-order valence-corrected chi connectivity index (χ3v) is 5.80. The second-order valence-electron chi connectivity index (χ2n) is 8.00. The summed E-state index contributed by atoms with van der Waals surface area (Å²) in [6.07, 6.45) is 24.2. The highest BCUT2D eigenvalue weighted by Gasteiger charge is 1.97. The highest BCUT2D eigenvalue weighted by atomic mass is 35.5. The Morgan fingerprint density at radius 1 is 0.500 bits per heavy atom. The van der Waals surface area contributed by atoms with E-state index in [9.17, 15) is 0 Å². The Hall–Kier alpha value is -0.490. The van der Waals surface area contributed by atoms with Crippen LogP contribution < -0.4 is 0 Å². The van der Waals surface area contributed by atoms with Gasteiger partial charge in [-0.25, -0.2) is 0 Å². The molecule has 0 atom stereocenters. The highest BCUT2D eigenvalue weighted by molar-refractivity contribution is 6.17. The van der Waals surface area contributed by atoms with Crippen molar-refractivity contribution < 1.29 is 0 Å². The molecule has 0 N–H and O–H groups in total. The van der Waals surface area contributed by atoms with Gasteiger partial charge in [0.1, 0.15) is 0 Å². The fourth-order valence-corrected chi connectivity index (χ4v) is 3.85. The van der Waals surface area contributed by atoms with E-state index in [4.69, 9.17) is 11.6 Å². The van der Waals surface area contributed by atoms with Gasteiger partial charge < -0.3 is 0 Å². The maximum absolute atomic E-state index is 5.83. The van der Waals surface area contributed by atoms with Gasteiger partial charge in [0, 0.05) is 5.88 Å². The van der Waals surface area contributed by atoms with E-state index in [0.717, 1.165) is 0 Å². The molecule has 1 heteroatoms. The predicted octanol–water partition coefficient (Wildman–Crippen LogP) is 9.23. The van der Waals surface area contributed by atoms with Gasteiger partial charge >= 0.3 is 0 Å². The molecule has 1 aromatic carbocycles. The van der Waals surface area contributed by atoms with E-state index < -0.39 is 0 Å². The van der Waals surface area contributed by atoms with Gasteiger partial charge in [-0.05, 0) is 24.0 Å². The molecule has 26 heavy (non-hydrogen) atoms. The third-order valence-electron chi connectivity index (χ3n) is 5.50. The summed E-state index contributed by atoms with van der Waals surface area (Å²) in [5.41, 5.74) is 2.69. The molecule has 0 saturated heterocycles. The lowest BCUT2D eigenvalue weighted by molar-refractivity contribution is 0.529. The van der Waals surface area contributed by atoms with Gasteiger partial charge in [0.25, 0.3) is 0 Å². The van der Waals surface area contributed by atoms with E-state index >= 15 is 0 Å². The maximum Gasteiger partial charge on any atom is 0.0474 e. The SMILES string of the molecule is CCCCCCCCCCCCCCCCCCc1ccc(CCl)cc1. The van der Waals surface area contributed by atoms with Gasteiger partial charge in [-0.1, -0.05) is 128 Å². The quantitative estimate of drug-likeness (QED) is 0.176. The number of hydrogen-bond acceptors (Lipinski definition) is 0. The van der Waals surface area contributed by atoms with Gasteiger partial charge in [-0.15, -0.1) is 11.6 Å². The summed E-state index contributed by atoms with van der Waals surface area (Å²) in [5.74, 6) is 0.624. The normalized spacial score (nSPS) is 11.2. The van der Waals surface area contributed by atoms with Crippen LogP contribution in [-0.4, -0.2) is 0 Å². The zero-order chi connectivity index (χ0) is 18.7. The first kappa shape index (κ1) is 23.5. The standard InChI is InChI=1S/C25H43Cl/c1-2-3-4-5-6-7-8-9-10-11-12-13-14-15-16-17-18-24-19-21-25(23-26)22-20-24/h19-22H,2-18,23H2,1H3. The molecule has 0 heterocycles. The topological polar surface area (TPSA) is 0 Å². The molecule has 0 saturated carbocycles. The lowest BCUT2D eigenvalue weighted by atomic mass is 10.0. The average molecular weight is 379 g/mol. The number of hydrogen-bond donors (Lipinski definition) is 0. The van der Waals surface area contributed by atoms with Crippen molar-refractivity contribution in [2.75, 3.05) is 0 Å². The molecule has 150 valence electrons. The van der Waals surface area contributed by atoms with Crippen LogP contribution in [0.1, 0.15) is 121 Å². The van der Waals surface area contributed by atoms with Crippen LogP contribution in [0.5, 0.6) is 0 Å². The van der Waals surface area contributed by atoms with E-state index in [1.807, 2.05) is 0 Å². The predicted molar refractivity (Wildman–Crippen MR) is 119 cm³/mol. The summed E-state index contributed by atoms with van der Waals surface area (Å²) in [6.45, 7) is 2.29. The minimum absolute atomic E-state index is 0.624. The minimum Gasteiger partial charge on any atom is -0.122 e. The Morgan fingerprint density at radius 3 is 1.23 bits per heavy atom. The molecule has 1 aromatic rings. The van der Waals surface area contributed by atoms with Crippen LogP contribution in [0.4, 0.5) is 0 Å².